The third-order valence-electron chi connectivity index (χ3n) is 2.84. The molecular formula is C17H12Cl3NO3. The van der Waals surface area contributed by atoms with E-state index < -0.39 is 18.5 Å². The summed E-state index contributed by atoms with van der Waals surface area (Å²) in [5.41, 5.74) is 1.13. The highest BCUT2D eigenvalue weighted by molar-refractivity contribution is 6.44. The van der Waals surface area contributed by atoms with Gasteiger partial charge < -0.3 is 10.1 Å². The summed E-state index contributed by atoms with van der Waals surface area (Å²) in [6.45, 7) is -0.450. The molecule has 0 unspecified atom stereocenters. The number of rotatable bonds is 5. The average molecular weight is 385 g/mol. The Balaban J connectivity index is 1.86. The van der Waals surface area contributed by atoms with Crippen molar-refractivity contribution in [1.29, 1.82) is 0 Å². The lowest BCUT2D eigenvalue weighted by atomic mass is 10.2. The minimum absolute atomic E-state index is 0.230. The fourth-order valence-corrected chi connectivity index (χ4v) is 2.31. The lowest BCUT2D eigenvalue weighted by Crippen LogP contribution is -2.20. The minimum atomic E-state index is -0.630. The molecule has 0 saturated carbocycles. The average Bonchev–Trinajstić information content (AvgIpc) is 2.57. The van der Waals surface area contributed by atoms with Crippen molar-refractivity contribution in [1.82, 2.24) is 0 Å². The summed E-state index contributed by atoms with van der Waals surface area (Å²) in [7, 11) is 0. The van der Waals surface area contributed by atoms with Crippen molar-refractivity contribution in [2.45, 2.75) is 0 Å². The predicted molar refractivity (Wildman–Crippen MR) is 96.5 cm³/mol. The Hall–Kier alpha value is -2.01. The summed E-state index contributed by atoms with van der Waals surface area (Å²) < 4.78 is 4.85. The number of ether oxygens (including phenoxy) is 1. The van der Waals surface area contributed by atoms with E-state index in [0.29, 0.717) is 0 Å². The second kappa shape index (κ2) is 8.73. The Kier molecular flexibility index (Phi) is 6.67. The number of carbonyl (C=O) groups is 2. The molecule has 1 amide bonds. The number of nitrogens with one attached hydrogen (secondary N) is 1. The Morgan fingerprint density at radius 2 is 1.67 bits per heavy atom. The number of benzene rings is 2. The molecule has 2 aromatic rings. The van der Waals surface area contributed by atoms with Crippen LogP contribution < -0.4 is 5.32 Å². The van der Waals surface area contributed by atoms with Crippen LogP contribution in [0.25, 0.3) is 6.08 Å². The molecule has 0 aliphatic rings. The molecule has 0 fully saturated rings. The second-order valence-corrected chi connectivity index (χ2v) is 5.87. The van der Waals surface area contributed by atoms with Crippen LogP contribution in [0.2, 0.25) is 15.1 Å². The highest BCUT2D eigenvalue weighted by Crippen LogP contribution is 2.32. The lowest BCUT2D eigenvalue weighted by molar-refractivity contribution is -0.142. The summed E-state index contributed by atoms with van der Waals surface area (Å²) in [4.78, 5) is 23.4. The number of esters is 1. The van der Waals surface area contributed by atoms with Gasteiger partial charge in [-0.3, -0.25) is 4.79 Å². The fraction of sp³-hybridized carbons (Fsp3) is 0.0588. The van der Waals surface area contributed by atoms with Gasteiger partial charge in [-0.25, -0.2) is 4.79 Å². The Bertz CT molecular complexity index is 776. The normalized spacial score (nSPS) is 10.6. The fourth-order valence-electron chi connectivity index (χ4n) is 1.72. The van der Waals surface area contributed by atoms with Crippen LogP contribution in [0.1, 0.15) is 5.56 Å². The summed E-state index contributed by atoms with van der Waals surface area (Å²) in [5.74, 6) is -1.18. The van der Waals surface area contributed by atoms with Gasteiger partial charge in [0.2, 0.25) is 0 Å². The smallest absolute Gasteiger partial charge is 0.331 e. The van der Waals surface area contributed by atoms with E-state index in [9.17, 15) is 9.59 Å². The van der Waals surface area contributed by atoms with Gasteiger partial charge in [0.1, 0.15) is 0 Å². The third kappa shape index (κ3) is 5.57. The van der Waals surface area contributed by atoms with Crippen LogP contribution in [-0.4, -0.2) is 18.5 Å². The SMILES string of the molecule is O=C(COC(=O)/C=C/c1ccccc1)Nc1cc(Cl)c(Cl)cc1Cl. The molecule has 0 aliphatic carbocycles. The van der Waals surface area contributed by atoms with Crippen molar-refractivity contribution in [3.63, 3.8) is 0 Å². The molecule has 2 aromatic carbocycles. The van der Waals surface area contributed by atoms with Crippen LogP contribution in [0.4, 0.5) is 5.69 Å². The standard InChI is InChI=1S/C17H12Cl3NO3/c18-12-8-14(20)15(9-13(12)19)21-16(22)10-24-17(23)7-6-11-4-2-1-3-5-11/h1-9H,10H2,(H,21,22)/b7-6+. The molecule has 0 aliphatic heterocycles. The van der Waals surface area contributed by atoms with Gasteiger partial charge in [0.15, 0.2) is 6.61 Å². The van der Waals surface area contributed by atoms with Crippen molar-refractivity contribution in [3.05, 3.63) is 69.2 Å². The summed E-state index contributed by atoms with van der Waals surface area (Å²) >= 11 is 17.6. The first-order chi connectivity index (χ1) is 11.5. The lowest BCUT2D eigenvalue weighted by Gasteiger charge is -2.08. The first-order valence-electron chi connectivity index (χ1n) is 6.80. The molecular weight excluding hydrogens is 373 g/mol. The third-order valence-corrected chi connectivity index (χ3v) is 3.88. The Morgan fingerprint density at radius 1 is 1.00 bits per heavy atom. The van der Waals surface area contributed by atoms with Crippen molar-refractivity contribution < 1.29 is 14.3 Å². The highest BCUT2D eigenvalue weighted by atomic mass is 35.5. The maximum atomic E-state index is 11.8. The van der Waals surface area contributed by atoms with Crippen LogP contribution in [0, 0.1) is 0 Å². The van der Waals surface area contributed by atoms with Crippen molar-refractivity contribution >= 4 is 58.4 Å². The van der Waals surface area contributed by atoms with E-state index in [-0.39, 0.29) is 20.8 Å². The maximum absolute atomic E-state index is 11.8. The van der Waals surface area contributed by atoms with E-state index in [1.54, 1.807) is 6.08 Å². The van der Waals surface area contributed by atoms with Crippen molar-refractivity contribution in [2.75, 3.05) is 11.9 Å². The number of carbonyl (C=O) groups excluding carboxylic acids is 2. The number of amides is 1. The van der Waals surface area contributed by atoms with Gasteiger partial charge in [0.25, 0.3) is 5.91 Å². The first-order valence-corrected chi connectivity index (χ1v) is 7.93. The van der Waals surface area contributed by atoms with E-state index >= 15 is 0 Å². The summed E-state index contributed by atoms with van der Waals surface area (Å²) in [6.07, 6.45) is 2.84. The van der Waals surface area contributed by atoms with E-state index in [0.717, 1.165) is 5.56 Å². The van der Waals surface area contributed by atoms with E-state index in [1.807, 2.05) is 30.3 Å². The van der Waals surface area contributed by atoms with Gasteiger partial charge in [0.05, 0.1) is 20.8 Å². The Morgan fingerprint density at radius 3 is 2.38 bits per heavy atom. The molecule has 124 valence electrons. The van der Waals surface area contributed by atoms with E-state index in [1.165, 1.54) is 18.2 Å². The summed E-state index contributed by atoms with van der Waals surface area (Å²) in [6, 6.07) is 12.1. The second-order valence-electron chi connectivity index (χ2n) is 4.65. The molecule has 0 spiro atoms. The first kappa shape index (κ1) is 18.3. The van der Waals surface area contributed by atoms with Crippen LogP contribution in [-0.2, 0) is 14.3 Å². The highest BCUT2D eigenvalue weighted by Gasteiger charge is 2.10. The zero-order chi connectivity index (χ0) is 17.5. The van der Waals surface area contributed by atoms with Crippen LogP contribution in [0.3, 0.4) is 0 Å². The minimum Gasteiger partial charge on any atom is -0.452 e. The molecule has 2 rings (SSSR count). The van der Waals surface area contributed by atoms with Gasteiger partial charge >= 0.3 is 5.97 Å². The van der Waals surface area contributed by atoms with E-state index in [4.69, 9.17) is 39.5 Å². The maximum Gasteiger partial charge on any atom is 0.331 e. The zero-order valence-electron chi connectivity index (χ0n) is 12.3. The largest absolute Gasteiger partial charge is 0.452 e. The quantitative estimate of drug-likeness (QED) is 0.456. The van der Waals surface area contributed by atoms with Gasteiger partial charge in [-0.2, -0.15) is 0 Å². The van der Waals surface area contributed by atoms with Gasteiger partial charge in [-0.1, -0.05) is 65.1 Å². The Labute approximate surface area is 154 Å². The molecule has 0 aromatic heterocycles. The van der Waals surface area contributed by atoms with Gasteiger partial charge in [0, 0.05) is 6.08 Å². The molecule has 0 saturated heterocycles. The monoisotopic (exact) mass is 383 g/mol. The molecule has 4 nitrogen and oxygen atoms in total. The van der Waals surface area contributed by atoms with Gasteiger partial charge in [-0.15, -0.1) is 0 Å². The molecule has 24 heavy (non-hydrogen) atoms. The number of halogens is 3. The summed E-state index contributed by atoms with van der Waals surface area (Å²) in [5, 5.41) is 3.25. The molecule has 0 heterocycles. The zero-order valence-corrected chi connectivity index (χ0v) is 14.5. The van der Waals surface area contributed by atoms with Crippen LogP contribution in [0.5, 0.6) is 0 Å². The molecule has 0 atom stereocenters. The van der Waals surface area contributed by atoms with E-state index in [2.05, 4.69) is 5.32 Å². The topological polar surface area (TPSA) is 55.4 Å². The van der Waals surface area contributed by atoms with Crippen molar-refractivity contribution in [2.24, 2.45) is 0 Å². The predicted octanol–water partition coefficient (Wildman–Crippen LogP) is 4.84. The van der Waals surface area contributed by atoms with Crippen LogP contribution in [0.15, 0.2) is 48.5 Å². The van der Waals surface area contributed by atoms with Crippen molar-refractivity contribution in [3.8, 4) is 0 Å². The number of anilines is 1. The van der Waals surface area contributed by atoms with Crippen LogP contribution >= 0.6 is 34.8 Å². The molecule has 1 N–H and O–H groups in total. The molecule has 0 bridgehead atoms. The molecule has 7 heteroatoms. The van der Waals surface area contributed by atoms with Gasteiger partial charge in [-0.05, 0) is 23.8 Å². The molecule has 0 radical (unpaired) electrons. The number of hydrogen-bond donors (Lipinski definition) is 1. The number of hydrogen-bond acceptors (Lipinski definition) is 3.